The molecule has 0 amide bonds. The van der Waals surface area contributed by atoms with E-state index in [2.05, 4.69) is 15.1 Å². The van der Waals surface area contributed by atoms with Gasteiger partial charge in [0, 0.05) is 31.1 Å². The maximum absolute atomic E-state index is 15.0. The van der Waals surface area contributed by atoms with E-state index in [1.165, 1.54) is 52.0 Å². The summed E-state index contributed by atoms with van der Waals surface area (Å²) in [5, 5.41) is 4.63. The van der Waals surface area contributed by atoms with Crippen LogP contribution in [0.25, 0.3) is 27.8 Å². The summed E-state index contributed by atoms with van der Waals surface area (Å²) in [5.41, 5.74) is 0.528. The van der Waals surface area contributed by atoms with Crippen molar-refractivity contribution < 1.29 is 27.0 Å². The van der Waals surface area contributed by atoms with Crippen molar-refractivity contribution in [1.29, 1.82) is 0 Å². The largest absolute Gasteiger partial charge is 0.461 e. The van der Waals surface area contributed by atoms with Crippen LogP contribution in [0, 0.1) is 5.82 Å². The van der Waals surface area contributed by atoms with Crippen LogP contribution in [0.3, 0.4) is 0 Å². The molecule has 2 aromatic carbocycles. The zero-order chi connectivity index (χ0) is 27.6. The molecule has 0 spiro atoms. The Kier molecular flexibility index (Phi) is 7.11. The van der Waals surface area contributed by atoms with Crippen LogP contribution < -0.4 is 10.3 Å². The van der Waals surface area contributed by atoms with Crippen molar-refractivity contribution in [2.24, 2.45) is 0 Å². The van der Waals surface area contributed by atoms with Crippen molar-refractivity contribution in [3.05, 3.63) is 100 Å². The van der Waals surface area contributed by atoms with Gasteiger partial charge in [-0.05, 0) is 48.5 Å². The van der Waals surface area contributed by atoms with Gasteiger partial charge in [-0.25, -0.2) is 14.1 Å². The number of benzene rings is 2. The first-order valence-electron chi connectivity index (χ1n) is 11.7. The second-order valence-corrected chi connectivity index (χ2v) is 8.49. The second kappa shape index (κ2) is 10.7. The molecule has 200 valence electrons. The van der Waals surface area contributed by atoms with E-state index in [1.807, 2.05) is 0 Å². The predicted molar refractivity (Wildman–Crippen MR) is 134 cm³/mol. The van der Waals surface area contributed by atoms with E-state index in [1.54, 1.807) is 25.3 Å². The molecule has 8 nitrogen and oxygen atoms in total. The molecule has 39 heavy (non-hydrogen) atoms. The number of nitrogens with zero attached hydrogens (tertiary/aromatic N) is 5. The molecule has 0 aliphatic heterocycles. The Morgan fingerprint density at radius 1 is 1.00 bits per heavy atom. The molecule has 0 aliphatic rings. The summed E-state index contributed by atoms with van der Waals surface area (Å²) in [6.07, 6.45) is -1.43. The summed E-state index contributed by atoms with van der Waals surface area (Å²) in [7, 11) is 1.55. The van der Waals surface area contributed by atoms with Crippen LogP contribution >= 0.6 is 0 Å². The summed E-state index contributed by atoms with van der Waals surface area (Å²) in [5.74, 6) is -0.577. The molecule has 0 saturated carbocycles. The Hall–Kier alpha value is -4.58. The first kappa shape index (κ1) is 26.0. The highest BCUT2D eigenvalue weighted by atomic mass is 19.4. The van der Waals surface area contributed by atoms with Gasteiger partial charge in [-0.2, -0.15) is 23.3 Å². The molecule has 0 saturated heterocycles. The van der Waals surface area contributed by atoms with Gasteiger partial charge in [0.05, 0.1) is 41.0 Å². The fourth-order valence-corrected chi connectivity index (χ4v) is 4.03. The van der Waals surface area contributed by atoms with E-state index >= 15 is 0 Å². The summed E-state index contributed by atoms with van der Waals surface area (Å²) in [6.45, 7) is 0.786. The molecule has 0 aliphatic carbocycles. The van der Waals surface area contributed by atoms with Crippen LogP contribution in [0.15, 0.2) is 77.9 Å². The lowest BCUT2D eigenvalue weighted by Gasteiger charge is -2.08. The first-order chi connectivity index (χ1) is 18.7. The number of halogens is 4. The van der Waals surface area contributed by atoms with Crippen LogP contribution in [0.5, 0.6) is 6.01 Å². The molecule has 12 heteroatoms. The van der Waals surface area contributed by atoms with Crippen molar-refractivity contribution in [2.75, 3.05) is 20.3 Å². The minimum atomic E-state index is -4.49. The van der Waals surface area contributed by atoms with Crippen LogP contribution in [-0.4, -0.2) is 44.6 Å². The van der Waals surface area contributed by atoms with Crippen molar-refractivity contribution in [1.82, 2.24) is 24.3 Å². The Labute approximate surface area is 219 Å². The Morgan fingerprint density at radius 3 is 2.51 bits per heavy atom. The van der Waals surface area contributed by atoms with Crippen molar-refractivity contribution in [3.8, 4) is 23.0 Å². The minimum Gasteiger partial charge on any atom is -0.461 e. The lowest BCUT2D eigenvalue weighted by atomic mass is 10.1. The number of ether oxygens (including phenoxy) is 2. The summed E-state index contributed by atoms with van der Waals surface area (Å²) in [4.78, 5) is 21.3. The van der Waals surface area contributed by atoms with Crippen LogP contribution in [0.2, 0.25) is 0 Å². The molecule has 0 fully saturated rings. The SMILES string of the molecule is COCCOc1nccc(Cn2ccc(-c3nn(-c4ccc(C(F)(F)F)cc4)c4cccc(F)c34)cc2=O)n1. The van der Waals surface area contributed by atoms with Gasteiger partial charge in [0.1, 0.15) is 18.1 Å². The topological polar surface area (TPSA) is 84.1 Å². The number of fused-ring (bicyclic) bond motifs is 1. The molecular formula is C27H21F4N5O3. The predicted octanol–water partition coefficient (Wildman–Crippen LogP) is 4.88. The molecule has 5 rings (SSSR count). The van der Waals surface area contributed by atoms with Gasteiger partial charge in [0.25, 0.3) is 5.56 Å². The first-order valence-corrected chi connectivity index (χ1v) is 11.7. The number of alkyl halides is 3. The van der Waals surface area contributed by atoms with Crippen LogP contribution in [0.1, 0.15) is 11.3 Å². The van der Waals surface area contributed by atoms with Gasteiger partial charge in [0.2, 0.25) is 0 Å². The average molecular weight is 539 g/mol. The van der Waals surface area contributed by atoms with Crippen molar-refractivity contribution in [2.45, 2.75) is 12.7 Å². The van der Waals surface area contributed by atoms with E-state index in [4.69, 9.17) is 9.47 Å². The van der Waals surface area contributed by atoms with Gasteiger partial charge < -0.3 is 14.0 Å². The molecular weight excluding hydrogens is 518 g/mol. The van der Waals surface area contributed by atoms with Gasteiger partial charge in [-0.3, -0.25) is 4.79 Å². The number of hydrogen-bond donors (Lipinski definition) is 0. The number of hydrogen-bond acceptors (Lipinski definition) is 6. The molecule has 0 atom stereocenters. The molecule has 0 N–H and O–H groups in total. The molecule has 3 aromatic heterocycles. The number of pyridine rings is 1. The highest BCUT2D eigenvalue weighted by Gasteiger charge is 2.30. The van der Waals surface area contributed by atoms with E-state index < -0.39 is 17.6 Å². The minimum absolute atomic E-state index is 0.136. The third kappa shape index (κ3) is 5.50. The zero-order valence-electron chi connectivity index (χ0n) is 20.5. The zero-order valence-corrected chi connectivity index (χ0v) is 20.5. The smallest absolute Gasteiger partial charge is 0.416 e. The molecule has 0 radical (unpaired) electrons. The fourth-order valence-electron chi connectivity index (χ4n) is 4.03. The maximum atomic E-state index is 15.0. The number of rotatable bonds is 8. The fraction of sp³-hybridized carbons (Fsp3) is 0.185. The molecule has 0 unspecified atom stereocenters. The van der Waals surface area contributed by atoms with E-state index in [-0.39, 0.29) is 35.8 Å². The number of aromatic nitrogens is 5. The highest BCUT2D eigenvalue weighted by molar-refractivity contribution is 5.94. The monoisotopic (exact) mass is 539 g/mol. The van der Waals surface area contributed by atoms with Gasteiger partial charge in [0.15, 0.2) is 0 Å². The van der Waals surface area contributed by atoms with Gasteiger partial charge >= 0.3 is 12.2 Å². The maximum Gasteiger partial charge on any atom is 0.416 e. The van der Waals surface area contributed by atoms with E-state index in [0.29, 0.717) is 29.1 Å². The summed E-state index contributed by atoms with van der Waals surface area (Å²) >= 11 is 0. The van der Waals surface area contributed by atoms with Crippen LogP contribution in [-0.2, 0) is 17.5 Å². The Balaban J connectivity index is 1.48. The van der Waals surface area contributed by atoms with Gasteiger partial charge in [-0.1, -0.05) is 6.07 Å². The van der Waals surface area contributed by atoms with Gasteiger partial charge in [-0.15, -0.1) is 0 Å². The number of methoxy groups -OCH3 is 1. The second-order valence-electron chi connectivity index (χ2n) is 8.49. The lowest BCUT2D eigenvalue weighted by molar-refractivity contribution is -0.137. The van der Waals surface area contributed by atoms with Crippen molar-refractivity contribution in [3.63, 3.8) is 0 Å². The average Bonchev–Trinajstić information content (AvgIpc) is 3.31. The van der Waals surface area contributed by atoms with E-state index in [0.717, 1.165) is 12.1 Å². The quantitative estimate of drug-likeness (QED) is 0.207. The van der Waals surface area contributed by atoms with Crippen LogP contribution in [0.4, 0.5) is 17.6 Å². The molecule has 3 heterocycles. The summed E-state index contributed by atoms with van der Waals surface area (Å²) < 4.78 is 67.2. The molecule has 5 aromatic rings. The molecule has 0 bridgehead atoms. The summed E-state index contributed by atoms with van der Waals surface area (Å²) in [6, 6.07) is 13.5. The van der Waals surface area contributed by atoms with Crippen molar-refractivity contribution >= 4 is 10.9 Å². The highest BCUT2D eigenvalue weighted by Crippen LogP contribution is 2.33. The lowest BCUT2D eigenvalue weighted by Crippen LogP contribution is -2.20. The standard InChI is InChI=1S/C27H21F4N5O3/c1-38-13-14-39-26-32-11-9-19(33-26)16-35-12-10-17(15-23(35)37)25-24-21(28)3-2-4-22(24)36(34-25)20-7-5-18(6-8-20)27(29,30)31/h2-12,15H,13-14,16H2,1H3. The Bertz CT molecular complexity index is 1680. The Morgan fingerprint density at radius 2 is 1.79 bits per heavy atom. The van der Waals surface area contributed by atoms with E-state index in [9.17, 15) is 22.4 Å². The third-order valence-electron chi connectivity index (χ3n) is 5.91. The third-order valence-corrected chi connectivity index (χ3v) is 5.91. The normalized spacial score (nSPS) is 11.7.